The summed E-state index contributed by atoms with van der Waals surface area (Å²) in [7, 11) is -2.79. The lowest BCUT2D eigenvalue weighted by Gasteiger charge is -2.46. The number of amides is 5. The number of hydrogen-bond donors (Lipinski definition) is 3. The fourth-order valence-electron chi connectivity index (χ4n) is 11.2. The van der Waals surface area contributed by atoms with Gasteiger partial charge in [0, 0.05) is 91.9 Å². The lowest BCUT2D eigenvalue weighted by molar-refractivity contribution is -0.136. The third-order valence-corrected chi connectivity index (χ3v) is 16.1. The zero-order chi connectivity index (χ0) is 50.0. The number of ether oxygens (including phenoxy) is 1. The zero-order valence-corrected chi connectivity index (χ0v) is 39.0. The van der Waals surface area contributed by atoms with E-state index in [0.29, 0.717) is 40.9 Å². The van der Waals surface area contributed by atoms with Crippen molar-refractivity contribution in [1.29, 1.82) is 0 Å². The molecule has 2 atom stereocenters. The van der Waals surface area contributed by atoms with Gasteiger partial charge in [-0.3, -0.25) is 44.0 Å². The number of pyridine rings is 3. The summed E-state index contributed by atoms with van der Waals surface area (Å²) in [5.41, 5.74) is 6.67. The molecule has 0 saturated carbocycles. The van der Waals surface area contributed by atoms with Gasteiger partial charge in [-0.15, -0.1) is 11.3 Å². The maximum absolute atomic E-state index is 14.0. The van der Waals surface area contributed by atoms with Crippen LogP contribution in [-0.2, 0) is 35.5 Å². The van der Waals surface area contributed by atoms with E-state index < -0.39 is 43.3 Å². The first-order valence-corrected chi connectivity index (χ1v) is 24.6. The van der Waals surface area contributed by atoms with Crippen LogP contribution in [0.15, 0.2) is 61.1 Å². The van der Waals surface area contributed by atoms with Crippen LogP contribution in [0.2, 0.25) is 0 Å². The van der Waals surface area contributed by atoms with Crippen molar-refractivity contribution < 1.29 is 37.9 Å². The molecule has 0 radical (unpaired) electrons. The van der Waals surface area contributed by atoms with Gasteiger partial charge in [0.1, 0.15) is 23.4 Å². The van der Waals surface area contributed by atoms with E-state index in [0.717, 1.165) is 104 Å². The maximum atomic E-state index is 14.0. The molecule has 3 fully saturated rings. The molecular weight excluding hydrogens is 897 g/mol. The molecule has 6 aliphatic rings. The normalized spacial score (nSPS) is 21.9. The minimum absolute atomic E-state index is 0.0693. The van der Waals surface area contributed by atoms with Crippen molar-refractivity contribution in [3.8, 4) is 17.0 Å². The average Bonchev–Trinajstić information content (AvgIpc) is 3.88. The molecule has 3 saturated heterocycles. The molecule has 356 valence electrons. The van der Waals surface area contributed by atoms with Crippen molar-refractivity contribution in [3.63, 3.8) is 0 Å². The largest absolute Gasteiger partial charge is 0.480 e. The number of aryl methyl sites for hydroxylation is 1. The number of nitrogens with zero attached hydrogens (tertiary/aromatic N) is 8. The van der Waals surface area contributed by atoms with Gasteiger partial charge < -0.3 is 25.0 Å². The quantitative estimate of drug-likeness (QED) is 0.149. The summed E-state index contributed by atoms with van der Waals surface area (Å²) in [5, 5.41) is 16.3. The highest BCUT2D eigenvalue weighted by Crippen LogP contribution is 2.41. The number of imide groups is 2. The second-order valence-corrected chi connectivity index (χ2v) is 19.8. The molecule has 4 aromatic heterocycles. The van der Waals surface area contributed by atoms with Crippen LogP contribution in [0.25, 0.3) is 11.1 Å². The molecule has 0 bridgehead atoms. The van der Waals surface area contributed by atoms with Crippen molar-refractivity contribution in [2.75, 3.05) is 66.3 Å². The smallest absolute Gasteiger partial charge is 0.269 e. The molecule has 5 aliphatic heterocycles. The van der Waals surface area contributed by atoms with E-state index in [1.165, 1.54) is 16.6 Å². The number of aromatic nitrogens is 3. The molecule has 1 aromatic carbocycles. The van der Waals surface area contributed by atoms with Crippen molar-refractivity contribution in [2.45, 2.75) is 89.4 Å². The van der Waals surface area contributed by atoms with Gasteiger partial charge in [0.15, 0.2) is 0 Å². The first-order chi connectivity index (χ1) is 34.7. The lowest BCUT2D eigenvalue weighted by atomic mass is 9.92. The fourth-order valence-corrected chi connectivity index (χ4v) is 12.6. The predicted octanol–water partition coefficient (Wildman–Crippen LogP) is 5.51. The van der Waals surface area contributed by atoms with Gasteiger partial charge in [0.05, 0.1) is 45.6 Å². The number of thiophene rings is 1. The fraction of sp³-hybridized carbons (Fsp3) is 0.412. The van der Waals surface area contributed by atoms with Crippen LogP contribution in [0.4, 0.5) is 28.7 Å². The molecule has 5 aromatic rings. The number of aliphatic hydroxyl groups excluding tert-OH is 1. The number of rotatable bonds is 10. The number of anilines is 5. The molecule has 18 heteroatoms. The van der Waals surface area contributed by atoms with Crippen molar-refractivity contribution in [3.05, 3.63) is 98.6 Å². The minimum atomic E-state index is -2.79. The van der Waals surface area contributed by atoms with Gasteiger partial charge in [0.25, 0.3) is 17.7 Å². The maximum Gasteiger partial charge on any atom is 0.269 e. The standard InChI is InChI=1S/C51H54N10O7S/c1-29-27-58(31-14-18-57(19-15-31)32-7-9-37-38(24-32)50(66)61(49(37)65)41-10-12-44(63)56-47(41)64)21-22-59(29)33-8-11-43(53-26-33)55-40-23-30(25-54-48(40)68-2)34-13-17-52-46(39(34)28-62)60-20-16-36-35-5-3-4-6-42(35)69-45(36)51(60)67/h7-9,11,13,17,23-26,29,31,41,62H,3-6,10,12,14-16,18-22,27-28H2,1-2H3,(H,53,55)(H,56,63,64)/t29-,41?/m0/s1/i2D3. The predicted molar refractivity (Wildman–Crippen MR) is 261 cm³/mol. The summed E-state index contributed by atoms with van der Waals surface area (Å²) in [4.78, 5) is 90.6. The van der Waals surface area contributed by atoms with Crippen LogP contribution in [0.5, 0.6) is 5.88 Å². The first-order valence-electron chi connectivity index (χ1n) is 25.3. The third kappa shape index (κ3) is 8.07. The Morgan fingerprint density at radius 3 is 2.43 bits per heavy atom. The van der Waals surface area contributed by atoms with Crippen LogP contribution in [0.3, 0.4) is 0 Å². The van der Waals surface area contributed by atoms with Crippen LogP contribution in [0.1, 0.15) is 102 Å². The van der Waals surface area contributed by atoms with Gasteiger partial charge in [-0.2, -0.15) is 0 Å². The highest BCUT2D eigenvalue weighted by Gasteiger charge is 2.45. The number of nitrogens with one attached hydrogen (secondary N) is 2. The Balaban J connectivity index is 0.738. The van der Waals surface area contributed by atoms with Crippen LogP contribution >= 0.6 is 11.3 Å². The van der Waals surface area contributed by atoms with Crippen LogP contribution < -0.4 is 30.1 Å². The molecule has 3 N–H and O–H groups in total. The third-order valence-electron chi connectivity index (χ3n) is 14.8. The summed E-state index contributed by atoms with van der Waals surface area (Å²) in [6.45, 7) is 6.27. The number of methoxy groups -OCH3 is 1. The first kappa shape index (κ1) is 41.2. The molecule has 69 heavy (non-hydrogen) atoms. The monoisotopic (exact) mass is 953 g/mol. The van der Waals surface area contributed by atoms with E-state index in [1.807, 2.05) is 18.2 Å². The Bertz CT molecular complexity index is 3020. The Hall–Kier alpha value is -6.76. The van der Waals surface area contributed by atoms with Crippen molar-refractivity contribution in [1.82, 2.24) is 30.1 Å². The molecule has 11 rings (SSSR count). The number of fused-ring (bicyclic) bond motifs is 4. The molecule has 17 nitrogen and oxygen atoms in total. The topological polar surface area (TPSA) is 194 Å². The second-order valence-electron chi connectivity index (χ2n) is 18.7. The molecule has 9 heterocycles. The summed E-state index contributed by atoms with van der Waals surface area (Å²) in [5.74, 6) is -1.52. The van der Waals surface area contributed by atoms with Gasteiger partial charge in [0.2, 0.25) is 17.7 Å². The molecule has 1 aliphatic carbocycles. The van der Waals surface area contributed by atoms with E-state index >= 15 is 0 Å². The highest BCUT2D eigenvalue weighted by atomic mass is 32.1. The van der Waals surface area contributed by atoms with Crippen LogP contribution in [0, 0.1) is 0 Å². The van der Waals surface area contributed by atoms with Crippen LogP contribution in [-0.4, -0.2) is 124 Å². The number of carbonyl (C=O) groups is 5. The number of benzene rings is 1. The molecular formula is C51H54N10O7S. The minimum Gasteiger partial charge on any atom is -0.480 e. The van der Waals surface area contributed by atoms with E-state index in [1.54, 1.807) is 52.9 Å². The Morgan fingerprint density at radius 2 is 1.65 bits per heavy atom. The van der Waals surface area contributed by atoms with E-state index in [9.17, 15) is 29.1 Å². The van der Waals surface area contributed by atoms with Gasteiger partial charge in [-0.25, -0.2) is 15.0 Å². The second kappa shape index (κ2) is 18.3. The van der Waals surface area contributed by atoms with Gasteiger partial charge in [-0.05, 0) is 117 Å². The van der Waals surface area contributed by atoms with Crippen molar-refractivity contribution >= 4 is 69.6 Å². The Labute approximate surface area is 407 Å². The highest BCUT2D eigenvalue weighted by molar-refractivity contribution is 7.14. The van der Waals surface area contributed by atoms with E-state index in [-0.39, 0.29) is 47.5 Å². The van der Waals surface area contributed by atoms with Crippen molar-refractivity contribution in [2.24, 2.45) is 0 Å². The Kier molecular flexibility index (Phi) is 10.9. The van der Waals surface area contributed by atoms with E-state index in [4.69, 9.17) is 13.8 Å². The number of carbonyl (C=O) groups excluding carboxylic acids is 5. The lowest BCUT2D eigenvalue weighted by Crippen LogP contribution is -2.57. The Morgan fingerprint density at radius 1 is 0.826 bits per heavy atom. The summed E-state index contributed by atoms with van der Waals surface area (Å²) >= 11 is 1.59. The summed E-state index contributed by atoms with van der Waals surface area (Å²) < 4.78 is 28.9. The average molecular weight is 954 g/mol. The number of aliphatic hydroxyl groups is 1. The van der Waals surface area contributed by atoms with Gasteiger partial charge in [-0.1, -0.05) is 0 Å². The summed E-state index contributed by atoms with van der Waals surface area (Å²) in [6.07, 6.45) is 11.9. The molecule has 1 unspecified atom stereocenters. The molecule has 5 amide bonds. The van der Waals surface area contributed by atoms with Gasteiger partial charge >= 0.3 is 0 Å². The zero-order valence-electron chi connectivity index (χ0n) is 41.2. The van der Waals surface area contributed by atoms with E-state index in [2.05, 4.69) is 42.2 Å². The summed E-state index contributed by atoms with van der Waals surface area (Å²) in [6, 6.07) is 12.1. The number of piperazine rings is 1. The number of hydrogen-bond acceptors (Lipinski definition) is 15. The molecule has 0 spiro atoms. The number of piperidine rings is 2. The SMILES string of the molecule is [2H]C([2H])([2H])Oc1ncc(-c2ccnc(N3CCc4c(sc5c4CCCC5)C3=O)c2CO)cc1Nc1ccc(N2CCN(C3CCN(c4ccc5c(c4)C(=O)N(C4CCC(=O)NC4=O)C5=O)CC3)C[C@@H]2C)cn1.